The first-order valence-electron chi connectivity index (χ1n) is 10.1. The number of amides is 2. The first-order valence-corrected chi connectivity index (χ1v) is 11.6. The molecule has 2 amide bonds. The zero-order valence-electron chi connectivity index (χ0n) is 18.1. The van der Waals surface area contributed by atoms with Crippen LogP contribution in [0.15, 0.2) is 40.6 Å². The average molecular weight is 583 g/mol. The van der Waals surface area contributed by atoms with Crippen molar-refractivity contribution in [1.82, 2.24) is 4.90 Å². The lowest BCUT2D eigenvalue weighted by Gasteiger charge is -2.30. The minimum atomic E-state index is -4.91. The summed E-state index contributed by atoms with van der Waals surface area (Å²) < 4.78 is 42.8. The van der Waals surface area contributed by atoms with E-state index >= 15 is 0 Å². The van der Waals surface area contributed by atoms with E-state index < -0.39 is 30.3 Å². The number of halogens is 7. The Labute approximate surface area is 222 Å². The summed E-state index contributed by atoms with van der Waals surface area (Å²) in [4.78, 5) is 35.2. The zero-order chi connectivity index (χ0) is 26.4. The van der Waals surface area contributed by atoms with Crippen molar-refractivity contribution < 1.29 is 32.4 Å². The van der Waals surface area contributed by atoms with Gasteiger partial charge in [-0.15, -0.1) is 0 Å². The van der Waals surface area contributed by atoms with Crippen molar-refractivity contribution >= 4 is 70.1 Å². The maximum Gasteiger partial charge on any atom is 0.435 e. The molecule has 0 N–H and O–H groups in total. The number of alkyl halides is 3. The fourth-order valence-electron chi connectivity index (χ4n) is 3.73. The molecule has 0 fully saturated rings. The predicted octanol–water partition coefficient (Wildman–Crippen LogP) is 6.60. The van der Waals surface area contributed by atoms with Crippen molar-refractivity contribution in [2.45, 2.75) is 37.8 Å². The Balaban J connectivity index is 1.62. The monoisotopic (exact) mass is 581 g/mol. The van der Waals surface area contributed by atoms with E-state index in [1.165, 1.54) is 18.2 Å². The Bertz CT molecular complexity index is 1290. The number of rotatable bonds is 5. The number of carbonyl (C=O) groups excluding carboxylic acids is 2. The van der Waals surface area contributed by atoms with Gasteiger partial charge in [0.25, 0.3) is 11.5 Å². The lowest BCUT2D eigenvalue weighted by atomic mass is 9.86. The maximum atomic E-state index is 14.3. The molecule has 0 aliphatic carbocycles. The quantitative estimate of drug-likeness (QED) is 0.294. The third-order valence-electron chi connectivity index (χ3n) is 5.63. The normalized spacial score (nSPS) is 21.4. The third-order valence-corrected chi connectivity index (χ3v) is 7.14. The lowest BCUT2D eigenvalue weighted by Crippen LogP contribution is -2.42. The predicted molar refractivity (Wildman–Crippen MR) is 128 cm³/mol. The molecule has 0 radical (unpaired) electrons. The molecular weight excluding hydrogens is 569 g/mol. The fraction of sp³-hybridized carbons (Fsp3) is 0.273. The van der Waals surface area contributed by atoms with Crippen LogP contribution in [0, 0.1) is 0 Å². The van der Waals surface area contributed by atoms with Crippen molar-refractivity contribution in [1.29, 1.82) is 0 Å². The minimum Gasteiger partial charge on any atom is -0.374 e. The molecular formula is C22H14Cl4F3N3O4. The van der Waals surface area contributed by atoms with Crippen molar-refractivity contribution in [3.05, 3.63) is 67.1 Å². The summed E-state index contributed by atoms with van der Waals surface area (Å²) in [6.07, 6.45) is -6.05. The van der Waals surface area contributed by atoms with Gasteiger partial charge in [0.1, 0.15) is 0 Å². The standard InChI is InChI=1S/C22H14Cl4F3N3O4/c1-10-4-18(35-30-10)32(9-33)20(34)13-3-2-11(5-14(13)23)17-8-21(36-31-17,22(27,28)29)12-6-15(24)19(26)16(25)7-12/h2-3,5-7,9,18H,4,8H2,1H3/t18?,21-/m0/s1. The number of hydrogen-bond acceptors (Lipinski definition) is 6. The van der Waals surface area contributed by atoms with Crippen LogP contribution in [0.1, 0.15) is 41.3 Å². The molecule has 4 rings (SSSR count). The van der Waals surface area contributed by atoms with Crippen LogP contribution in [-0.2, 0) is 20.1 Å². The van der Waals surface area contributed by atoms with E-state index in [2.05, 4.69) is 10.3 Å². The van der Waals surface area contributed by atoms with Gasteiger partial charge in [-0.2, -0.15) is 13.2 Å². The molecule has 1 unspecified atom stereocenters. The van der Waals surface area contributed by atoms with Gasteiger partial charge in [-0.1, -0.05) is 62.8 Å². The maximum absolute atomic E-state index is 14.3. The van der Waals surface area contributed by atoms with Crippen LogP contribution in [-0.4, -0.2) is 41.0 Å². The third kappa shape index (κ3) is 4.63. The van der Waals surface area contributed by atoms with Crippen molar-refractivity contribution in [2.75, 3.05) is 0 Å². The molecule has 2 aromatic carbocycles. The van der Waals surface area contributed by atoms with Crippen molar-refractivity contribution in [2.24, 2.45) is 10.3 Å². The van der Waals surface area contributed by atoms with Crippen LogP contribution in [0.4, 0.5) is 13.2 Å². The highest BCUT2D eigenvalue weighted by Crippen LogP contribution is 2.50. The molecule has 14 heteroatoms. The second-order valence-corrected chi connectivity index (χ2v) is 9.59. The Kier molecular flexibility index (Phi) is 7.18. The lowest BCUT2D eigenvalue weighted by molar-refractivity contribution is -0.275. The second-order valence-electron chi connectivity index (χ2n) is 7.99. The molecule has 36 heavy (non-hydrogen) atoms. The van der Waals surface area contributed by atoms with Crippen LogP contribution in [0.3, 0.4) is 0 Å². The smallest absolute Gasteiger partial charge is 0.374 e. The number of nitrogens with zero attached hydrogens (tertiary/aromatic N) is 3. The molecule has 0 aromatic heterocycles. The number of carbonyl (C=O) groups is 2. The van der Waals surface area contributed by atoms with E-state index in [9.17, 15) is 22.8 Å². The average Bonchev–Trinajstić information content (AvgIpc) is 3.45. The van der Waals surface area contributed by atoms with E-state index in [1.807, 2.05) is 0 Å². The SMILES string of the molecule is CC1=NOC(N(C=O)C(=O)c2ccc(C3=NO[C@@](c4cc(Cl)c(Cl)c(Cl)c4)(C(F)(F)F)C3)cc2Cl)C1. The van der Waals surface area contributed by atoms with E-state index in [0.29, 0.717) is 12.1 Å². The Morgan fingerprint density at radius 1 is 1.11 bits per heavy atom. The summed E-state index contributed by atoms with van der Waals surface area (Å²) >= 11 is 24.1. The first kappa shape index (κ1) is 26.5. The van der Waals surface area contributed by atoms with Crippen molar-refractivity contribution in [3.63, 3.8) is 0 Å². The minimum absolute atomic E-state index is 0.0708. The highest BCUT2D eigenvalue weighted by molar-refractivity contribution is 6.48. The summed E-state index contributed by atoms with van der Waals surface area (Å²) in [5.41, 5.74) is -2.67. The number of hydrogen-bond donors (Lipinski definition) is 0. The van der Waals surface area contributed by atoms with E-state index in [-0.39, 0.29) is 48.9 Å². The molecule has 0 spiro atoms. The van der Waals surface area contributed by atoms with Gasteiger partial charge in [-0.3, -0.25) is 9.59 Å². The van der Waals surface area contributed by atoms with Gasteiger partial charge >= 0.3 is 6.18 Å². The summed E-state index contributed by atoms with van der Waals surface area (Å²) in [5, 5.41) is 6.78. The topological polar surface area (TPSA) is 80.6 Å². The van der Waals surface area contributed by atoms with Gasteiger partial charge in [0.05, 0.1) is 37.1 Å². The van der Waals surface area contributed by atoms with Crippen LogP contribution < -0.4 is 0 Å². The molecule has 0 saturated heterocycles. The number of benzene rings is 2. The molecule has 2 heterocycles. The van der Waals surface area contributed by atoms with Gasteiger partial charge in [0, 0.05) is 24.0 Å². The summed E-state index contributed by atoms with van der Waals surface area (Å²) in [6, 6.07) is 5.90. The van der Waals surface area contributed by atoms with Crippen LogP contribution in [0.2, 0.25) is 20.1 Å². The second kappa shape index (κ2) is 9.74. The first-order chi connectivity index (χ1) is 16.9. The van der Waals surface area contributed by atoms with E-state index in [1.54, 1.807) is 6.92 Å². The highest BCUT2D eigenvalue weighted by atomic mass is 35.5. The highest BCUT2D eigenvalue weighted by Gasteiger charge is 2.62. The van der Waals surface area contributed by atoms with Crippen LogP contribution in [0.5, 0.6) is 0 Å². The zero-order valence-corrected chi connectivity index (χ0v) is 21.1. The fourth-order valence-corrected chi connectivity index (χ4v) is 4.59. The van der Waals surface area contributed by atoms with Gasteiger partial charge in [-0.25, -0.2) is 4.90 Å². The number of imide groups is 1. The molecule has 2 atom stereocenters. The van der Waals surface area contributed by atoms with Gasteiger partial charge in [0.2, 0.25) is 12.6 Å². The molecule has 2 aromatic rings. The Morgan fingerprint density at radius 2 is 1.78 bits per heavy atom. The van der Waals surface area contributed by atoms with Gasteiger partial charge in [-0.05, 0) is 31.2 Å². The molecule has 2 aliphatic rings. The number of oxime groups is 2. The van der Waals surface area contributed by atoms with E-state index in [4.69, 9.17) is 56.1 Å². The largest absolute Gasteiger partial charge is 0.435 e. The molecule has 7 nitrogen and oxygen atoms in total. The van der Waals surface area contributed by atoms with Gasteiger partial charge < -0.3 is 9.68 Å². The van der Waals surface area contributed by atoms with E-state index in [0.717, 1.165) is 17.0 Å². The summed E-state index contributed by atoms with van der Waals surface area (Å²) in [7, 11) is 0. The van der Waals surface area contributed by atoms with Crippen LogP contribution in [0.25, 0.3) is 0 Å². The summed E-state index contributed by atoms with van der Waals surface area (Å²) in [5.74, 6) is -0.767. The Hall–Kier alpha value is -2.53. The molecule has 0 bridgehead atoms. The van der Waals surface area contributed by atoms with Crippen LogP contribution >= 0.6 is 46.4 Å². The summed E-state index contributed by atoms with van der Waals surface area (Å²) in [6.45, 7) is 1.67. The van der Waals surface area contributed by atoms with Crippen molar-refractivity contribution in [3.8, 4) is 0 Å². The Morgan fingerprint density at radius 3 is 2.31 bits per heavy atom. The molecule has 2 aliphatic heterocycles. The molecule has 190 valence electrons. The molecule has 0 saturated carbocycles. The van der Waals surface area contributed by atoms with Gasteiger partial charge in [0.15, 0.2) is 0 Å².